The Balaban J connectivity index is 2.73. The maximum atomic E-state index is 11.3. The maximum absolute atomic E-state index is 11.3. The molecule has 8 heteroatoms. The van der Waals surface area contributed by atoms with Crippen LogP contribution in [0.15, 0.2) is 29.2 Å². The van der Waals surface area contributed by atoms with E-state index in [0.717, 1.165) is 6.26 Å². The zero-order valence-corrected chi connectivity index (χ0v) is 14.5. The van der Waals surface area contributed by atoms with Crippen molar-refractivity contribution in [3.05, 3.63) is 24.3 Å². The molecule has 0 amide bonds. The van der Waals surface area contributed by atoms with Crippen molar-refractivity contribution in [1.82, 2.24) is 0 Å². The van der Waals surface area contributed by atoms with Crippen molar-refractivity contribution in [2.75, 3.05) is 18.6 Å². The van der Waals surface area contributed by atoms with Gasteiger partial charge >= 0.3 is 0 Å². The van der Waals surface area contributed by atoms with Crippen LogP contribution in [-0.4, -0.2) is 35.5 Å². The molecule has 0 aromatic heterocycles. The van der Waals surface area contributed by atoms with Crippen molar-refractivity contribution in [2.45, 2.75) is 18.7 Å². The average Bonchev–Trinajstić information content (AvgIpc) is 2.32. The Morgan fingerprint density at radius 3 is 2.00 bits per heavy atom. The van der Waals surface area contributed by atoms with E-state index in [1.165, 1.54) is 12.1 Å². The molecule has 0 radical (unpaired) electrons. The molecule has 0 N–H and O–H groups in total. The summed E-state index contributed by atoms with van der Waals surface area (Å²) in [7, 11) is -1.55. The van der Waals surface area contributed by atoms with Gasteiger partial charge in [-0.05, 0) is 30.2 Å². The predicted octanol–water partition coefficient (Wildman–Crippen LogP) is 2.31. The predicted molar refractivity (Wildman–Crippen MR) is 83.0 cm³/mol. The summed E-state index contributed by atoms with van der Waals surface area (Å²) >= 11 is 0. The van der Waals surface area contributed by atoms with E-state index in [9.17, 15) is 16.8 Å². The van der Waals surface area contributed by atoms with Crippen LogP contribution in [0.2, 0.25) is 0 Å². The quantitative estimate of drug-likeness (QED) is 0.702. The third kappa shape index (κ3) is 6.67. The molecule has 0 aliphatic rings. The third-order valence-corrected chi connectivity index (χ3v) is 5.40. The highest BCUT2D eigenvalue weighted by atomic mass is 35.7. The van der Waals surface area contributed by atoms with Crippen molar-refractivity contribution in [3.8, 4) is 5.75 Å². The first-order valence-corrected chi connectivity index (χ1v) is 10.7. The van der Waals surface area contributed by atoms with E-state index in [1.807, 2.05) is 13.8 Å². The molecule has 1 aromatic rings. The molecule has 0 bridgehead atoms. The highest BCUT2D eigenvalue weighted by Crippen LogP contribution is 2.20. The number of sulfone groups is 1. The number of hydrogen-bond donors (Lipinski definition) is 0. The fourth-order valence-corrected chi connectivity index (χ4v) is 3.78. The Bertz CT molecular complexity index is 663. The lowest BCUT2D eigenvalue weighted by molar-refractivity contribution is 0.225. The molecule has 21 heavy (non-hydrogen) atoms. The second-order valence-electron chi connectivity index (χ2n) is 5.26. The highest BCUT2D eigenvalue weighted by molar-refractivity contribution is 8.13. The van der Waals surface area contributed by atoms with E-state index in [1.54, 1.807) is 12.1 Å². The van der Waals surface area contributed by atoms with Crippen LogP contribution >= 0.6 is 10.7 Å². The van der Waals surface area contributed by atoms with E-state index in [2.05, 4.69) is 0 Å². The van der Waals surface area contributed by atoms with Gasteiger partial charge in [-0.2, -0.15) is 0 Å². The standard InChI is InChI=1S/C13H19ClO5S2/c1-10(2)11(9-21(14,17)18)8-19-12-4-6-13(7-5-12)20(3,15)16/h4-7,10-11H,8-9H2,1-3H3. The van der Waals surface area contributed by atoms with Crippen molar-refractivity contribution >= 4 is 29.6 Å². The Labute approximate surface area is 130 Å². The first-order chi connectivity index (χ1) is 9.49. The van der Waals surface area contributed by atoms with E-state index < -0.39 is 18.9 Å². The van der Waals surface area contributed by atoms with Gasteiger partial charge in [-0.15, -0.1) is 0 Å². The fraction of sp³-hybridized carbons (Fsp3) is 0.538. The zero-order chi connectivity index (χ0) is 16.3. The Morgan fingerprint density at radius 1 is 1.10 bits per heavy atom. The van der Waals surface area contributed by atoms with Gasteiger partial charge in [0.15, 0.2) is 9.84 Å². The zero-order valence-electron chi connectivity index (χ0n) is 12.1. The van der Waals surface area contributed by atoms with Crippen molar-refractivity contribution in [1.29, 1.82) is 0 Å². The summed E-state index contributed by atoms with van der Waals surface area (Å²) in [5.74, 6) is 0.184. The van der Waals surface area contributed by atoms with Gasteiger partial charge in [0, 0.05) is 22.9 Å². The summed E-state index contributed by atoms with van der Waals surface area (Å²) in [6, 6.07) is 5.99. The molecule has 5 nitrogen and oxygen atoms in total. The maximum Gasteiger partial charge on any atom is 0.233 e. The minimum atomic E-state index is -3.59. The van der Waals surface area contributed by atoms with E-state index in [0.29, 0.717) is 5.75 Å². The topological polar surface area (TPSA) is 77.5 Å². The normalized spacial score (nSPS) is 14.1. The van der Waals surface area contributed by atoms with Crippen LogP contribution in [0.5, 0.6) is 5.75 Å². The first-order valence-electron chi connectivity index (χ1n) is 6.34. The summed E-state index contributed by atoms with van der Waals surface area (Å²) in [4.78, 5) is 0.207. The molecule has 0 heterocycles. The first kappa shape index (κ1) is 18.3. The van der Waals surface area contributed by atoms with Crippen LogP contribution in [-0.2, 0) is 18.9 Å². The van der Waals surface area contributed by atoms with Crippen molar-refractivity contribution in [2.24, 2.45) is 11.8 Å². The number of benzene rings is 1. The van der Waals surface area contributed by atoms with Gasteiger partial charge in [0.05, 0.1) is 17.3 Å². The largest absolute Gasteiger partial charge is 0.493 e. The molecular weight excluding hydrogens is 336 g/mol. The molecule has 1 atom stereocenters. The van der Waals surface area contributed by atoms with Crippen molar-refractivity contribution in [3.63, 3.8) is 0 Å². The molecule has 0 aliphatic carbocycles. The minimum absolute atomic E-state index is 0.0915. The third-order valence-electron chi connectivity index (χ3n) is 3.07. The van der Waals surface area contributed by atoms with E-state index in [-0.39, 0.29) is 29.1 Å². The number of halogens is 1. The van der Waals surface area contributed by atoms with Gasteiger partial charge in [0.2, 0.25) is 9.05 Å². The van der Waals surface area contributed by atoms with E-state index >= 15 is 0 Å². The second kappa shape index (κ2) is 6.98. The molecule has 0 saturated carbocycles. The lowest BCUT2D eigenvalue weighted by Gasteiger charge is -2.19. The summed E-state index contributed by atoms with van der Waals surface area (Å²) in [5.41, 5.74) is 0. The summed E-state index contributed by atoms with van der Waals surface area (Å²) in [6.45, 7) is 3.98. The molecule has 0 spiro atoms. The number of rotatable bonds is 7. The number of ether oxygens (including phenoxy) is 1. The van der Waals surface area contributed by atoms with Gasteiger partial charge in [-0.25, -0.2) is 16.8 Å². The average molecular weight is 355 g/mol. The lowest BCUT2D eigenvalue weighted by Crippen LogP contribution is -2.24. The van der Waals surface area contributed by atoms with Gasteiger partial charge in [0.1, 0.15) is 5.75 Å². The molecule has 0 aliphatic heterocycles. The molecule has 1 unspecified atom stereocenters. The summed E-state index contributed by atoms with van der Waals surface area (Å²) in [6.07, 6.45) is 1.13. The molecule has 120 valence electrons. The summed E-state index contributed by atoms with van der Waals surface area (Å²) in [5, 5.41) is 0. The molecular formula is C13H19ClO5S2. The van der Waals surface area contributed by atoms with Gasteiger partial charge in [-0.3, -0.25) is 0 Å². The molecule has 0 fully saturated rings. The van der Waals surface area contributed by atoms with Crippen LogP contribution in [0.1, 0.15) is 13.8 Å². The molecule has 0 saturated heterocycles. The Kier molecular flexibility index (Phi) is 6.07. The molecule has 1 rings (SSSR count). The minimum Gasteiger partial charge on any atom is -0.493 e. The van der Waals surface area contributed by atoms with Crippen molar-refractivity contribution < 1.29 is 21.6 Å². The smallest absolute Gasteiger partial charge is 0.233 e. The fourth-order valence-electron chi connectivity index (χ4n) is 1.68. The van der Waals surface area contributed by atoms with Gasteiger partial charge in [-0.1, -0.05) is 13.8 Å². The second-order valence-corrected chi connectivity index (χ2v) is 10.1. The van der Waals surface area contributed by atoms with Crippen LogP contribution in [0.4, 0.5) is 0 Å². The van der Waals surface area contributed by atoms with Crippen LogP contribution in [0.3, 0.4) is 0 Å². The Morgan fingerprint density at radius 2 is 1.62 bits per heavy atom. The Hall–Kier alpha value is -0.790. The lowest BCUT2D eigenvalue weighted by atomic mass is 9.99. The SMILES string of the molecule is CC(C)C(COc1ccc(S(C)(=O)=O)cc1)CS(=O)(=O)Cl. The van der Waals surface area contributed by atoms with Crippen LogP contribution in [0.25, 0.3) is 0 Å². The monoisotopic (exact) mass is 354 g/mol. The number of hydrogen-bond acceptors (Lipinski definition) is 5. The molecule has 1 aromatic carbocycles. The summed E-state index contributed by atoms with van der Waals surface area (Å²) < 4.78 is 50.5. The van der Waals surface area contributed by atoms with E-state index in [4.69, 9.17) is 15.4 Å². The van der Waals surface area contributed by atoms with Gasteiger partial charge < -0.3 is 4.74 Å². The van der Waals surface area contributed by atoms with Crippen LogP contribution < -0.4 is 4.74 Å². The highest BCUT2D eigenvalue weighted by Gasteiger charge is 2.21. The van der Waals surface area contributed by atoms with Gasteiger partial charge in [0.25, 0.3) is 0 Å². The van der Waals surface area contributed by atoms with Crippen LogP contribution in [0, 0.1) is 11.8 Å².